The van der Waals surface area contributed by atoms with Crippen LogP contribution in [0.25, 0.3) is 0 Å². The highest BCUT2D eigenvalue weighted by Crippen LogP contribution is 2.25. The molecule has 1 saturated heterocycles. The Morgan fingerprint density at radius 1 is 1.58 bits per heavy atom. The highest BCUT2D eigenvalue weighted by Gasteiger charge is 2.21. The average molecular weight is 331 g/mol. The Labute approximate surface area is 122 Å². The van der Waals surface area contributed by atoms with E-state index in [0.717, 1.165) is 30.7 Å². The molecule has 0 aliphatic carbocycles. The lowest BCUT2D eigenvalue weighted by atomic mass is 10.1. The molecule has 5 heteroatoms. The smallest absolute Gasteiger partial charge is 0.128 e. The Morgan fingerprint density at radius 2 is 2.37 bits per heavy atom. The number of nitrogens with zero attached hydrogens (tertiary/aromatic N) is 1. The number of hydrogen-bond donors (Lipinski definition) is 1. The van der Waals surface area contributed by atoms with E-state index in [-0.39, 0.29) is 18.0 Å². The Kier molecular flexibility index (Phi) is 5.33. The van der Waals surface area contributed by atoms with Crippen LogP contribution in [0, 0.1) is 5.82 Å². The second-order valence-electron chi connectivity index (χ2n) is 4.98. The molecule has 2 rings (SSSR count). The zero-order valence-electron chi connectivity index (χ0n) is 11.3. The molecule has 3 nitrogen and oxygen atoms in total. The number of ether oxygens (including phenoxy) is 1. The number of nitrogens with one attached hydrogen (secondary N) is 1. The van der Waals surface area contributed by atoms with Crippen LogP contribution in [0.15, 0.2) is 22.7 Å². The number of rotatable bonds is 4. The Bertz CT molecular complexity index is 424. The van der Waals surface area contributed by atoms with Gasteiger partial charge in [-0.1, -0.05) is 15.9 Å². The standard InChI is InChI=1S/C14H20BrFN2O/c1-10(13-7-11(15)3-4-14(13)16)18(2)9-12-8-17-5-6-19-12/h3-4,7,10,12,17H,5-6,8-9H2,1-2H3. The number of hydrogen-bond acceptors (Lipinski definition) is 3. The fourth-order valence-electron chi connectivity index (χ4n) is 2.29. The van der Waals surface area contributed by atoms with Crippen molar-refractivity contribution in [2.45, 2.75) is 19.1 Å². The van der Waals surface area contributed by atoms with E-state index in [1.54, 1.807) is 6.07 Å². The molecule has 0 aromatic heterocycles. The summed E-state index contributed by atoms with van der Waals surface area (Å²) in [7, 11) is 2.00. The number of likely N-dealkylation sites (N-methyl/N-ethyl adjacent to an activating group) is 1. The first-order chi connectivity index (χ1) is 9.08. The van der Waals surface area contributed by atoms with E-state index < -0.39 is 0 Å². The maximum absolute atomic E-state index is 13.9. The Balaban J connectivity index is 2.01. The van der Waals surface area contributed by atoms with Crippen molar-refractivity contribution in [1.82, 2.24) is 10.2 Å². The molecule has 106 valence electrons. The molecule has 0 saturated carbocycles. The van der Waals surface area contributed by atoms with E-state index in [1.165, 1.54) is 6.07 Å². The van der Waals surface area contributed by atoms with Gasteiger partial charge in [0.05, 0.1) is 12.7 Å². The van der Waals surface area contributed by atoms with Crippen LogP contribution in [-0.4, -0.2) is 44.3 Å². The Hall–Kier alpha value is -0.490. The maximum Gasteiger partial charge on any atom is 0.128 e. The van der Waals surface area contributed by atoms with Crippen LogP contribution in [0.1, 0.15) is 18.5 Å². The molecule has 0 bridgehead atoms. The molecule has 1 aromatic rings. The van der Waals surface area contributed by atoms with Gasteiger partial charge in [0.15, 0.2) is 0 Å². The summed E-state index contributed by atoms with van der Waals surface area (Å²) in [5, 5.41) is 3.31. The summed E-state index contributed by atoms with van der Waals surface area (Å²) in [5.41, 5.74) is 0.709. The van der Waals surface area contributed by atoms with Crippen molar-refractivity contribution in [2.75, 3.05) is 33.3 Å². The molecule has 0 amide bonds. The minimum Gasteiger partial charge on any atom is -0.374 e. The monoisotopic (exact) mass is 330 g/mol. The summed E-state index contributed by atoms with van der Waals surface area (Å²) >= 11 is 3.39. The van der Waals surface area contributed by atoms with E-state index in [1.807, 2.05) is 20.0 Å². The van der Waals surface area contributed by atoms with Crippen molar-refractivity contribution in [3.05, 3.63) is 34.1 Å². The molecule has 1 aromatic carbocycles. The Morgan fingerprint density at radius 3 is 3.05 bits per heavy atom. The summed E-state index contributed by atoms with van der Waals surface area (Å²) in [6.45, 7) is 5.33. The molecule has 2 atom stereocenters. The summed E-state index contributed by atoms with van der Waals surface area (Å²) in [6, 6.07) is 5.08. The number of benzene rings is 1. The predicted octanol–water partition coefficient (Wildman–Crippen LogP) is 2.57. The van der Waals surface area contributed by atoms with E-state index in [2.05, 4.69) is 26.1 Å². The molecule has 0 radical (unpaired) electrons. The molecule has 0 spiro atoms. The third-order valence-electron chi connectivity index (χ3n) is 3.57. The molecule has 2 unspecified atom stereocenters. The molecule has 19 heavy (non-hydrogen) atoms. The summed E-state index contributed by atoms with van der Waals surface area (Å²) in [4.78, 5) is 2.13. The fourth-order valence-corrected chi connectivity index (χ4v) is 2.67. The average Bonchev–Trinajstić information content (AvgIpc) is 2.42. The lowest BCUT2D eigenvalue weighted by Crippen LogP contribution is -2.44. The van der Waals surface area contributed by atoms with Gasteiger partial charge >= 0.3 is 0 Å². The molecule has 1 aliphatic rings. The van der Waals surface area contributed by atoms with Gasteiger partial charge < -0.3 is 10.1 Å². The zero-order chi connectivity index (χ0) is 13.8. The largest absolute Gasteiger partial charge is 0.374 e. The van der Waals surface area contributed by atoms with Crippen molar-refractivity contribution < 1.29 is 9.13 Å². The van der Waals surface area contributed by atoms with E-state index in [0.29, 0.717) is 5.56 Å². The van der Waals surface area contributed by atoms with Gasteiger partial charge in [0.1, 0.15) is 5.82 Å². The van der Waals surface area contributed by atoms with Crippen molar-refractivity contribution in [2.24, 2.45) is 0 Å². The van der Waals surface area contributed by atoms with Crippen LogP contribution >= 0.6 is 15.9 Å². The third-order valence-corrected chi connectivity index (χ3v) is 4.06. The molecule has 1 N–H and O–H groups in total. The topological polar surface area (TPSA) is 24.5 Å². The van der Waals surface area contributed by atoms with Gasteiger partial charge in [-0.15, -0.1) is 0 Å². The zero-order valence-corrected chi connectivity index (χ0v) is 12.9. The first-order valence-corrected chi connectivity index (χ1v) is 7.34. The van der Waals surface area contributed by atoms with Gasteiger partial charge in [-0.2, -0.15) is 0 Å². The predicted molar refractivity (Wildman–Crippen MR) is 77.8 cm³/mol. The molecule has 1 heterocycles. The highest BCUT2D eigenvalue weighted by atomic mass is 79.9. The normalized spacial score (nSPS) is 21.6. The van der Waals surface area contributed by atoms with Crippen molar-refractivity contribution in [1.29, 1.82) is 0 Å². The molecular formula is C14H20BrFN2O. The van der Waals surface area contributed by atoms with Crippen LogP contribution in [-0.2, 0) is 4.74 Å². The minimum atomic E-state index is -0.162. The lowest BCUT2D eigenvalue weighted by Gasteiger charge is -2.31. The second-order valence-corrected chi connectivity index (χ2v) is 5.89. The summed E-state index contributed by atoms with van der Waals surface area (Å²) < 4.78 is 20.5. The van der Waals surface area contributed by atoms with Crippen LogP contribution in [0.2, 0.25) is 0 Å². The van der Waals surface area contributed by atoms with Crippen LogP contribution in [0.3, 0.4) is 0 Å². The minimum absolute atomic E-state index is 0.0167. The van der Waals surface area contributed by atoms with E-state index in [9.17, 15) is 4.39 Å². The number of morpholine rings is 1. The van der Waals surface area contributed by atoms with Crippen LogP contribution < -0.4 is 5.32 Å². The second kappa shape index (κ2) is 6.79. The number of halogens is 2. The van der Waals surface area contributed by atoms with Gasteiger partial charge in [0, 0.05) is 35.7 Å². The van der Waals surface area contributed by atoms with Gasteiger partial charge in [0.2, 0.25) is 0 Å². The van der Waals surface area contributed by atoms with Crippen LogP contribution in [0.4, 0.5) is 4.39 Å². The maximum atomic E-state index is 13.9. The molecule has 1 fully saturated rings. The van der Waals surface area contributed by atoms with Gasteiger partial charge in [0.25, 0.3) is 0 Å². The SMILES string of the molecule is CC(c1cc(Br)ccc1F)N(C)CC1CNCCO1. The quantitative estimate of drug-likeness (QED) is 0.918. The fraction of sp³-hybridized carbons (Fsp3) is 0.571. The first kappa shape index (κ1) is 14.9. The van der Waals surface area contributed by atoms with Crippen molar-refractivity contribution in [3.63, 3.8) is 0 Å². The molecular weight excluding hydrogens is 311 g/mol. The van der Waals surface area contributed by atoms with Gasteiger partial charge in [-0.05, 0) is 32.2 Å². The van der Waals surface area contributed by atoms with Crippen molar-refractivity contribution in [3.8, 4) is 0 Å². The van der Waals surface area contributed by atoms with E-state index >= 15 is 0 Å². The van der Waals surface area contributed by atoms with Crippen LogP contribution in [0.5, 0.6) is 0 Å². The lowest BCUT2D eigenvalue weighted by molar-refractivity contribution is 0.00370. The highest BCUT2D eigenvalue weighted by molar-refractivity contribution is 9.10. The van der Waals surface area contributed by atoms with Gasteiger partial charge in [-0.3, -0.25) is 4.90 Å². The first-order valence-electron chi connectivity index (χ1n) is 6.55. The third kappa shape index (κ3) is 3.99. The summed E-state index contributed by atoms with van der Waals surface area (Å²) in [5.74, 6) is -0.162. The summed E-state index contributed by atoms with van der Waals surface area (Å²) in [6.07, 6.45) is 0.177. The molecule has 1 aliphatic heterocycles. The van der Waals surface area contributed by atoms with Gasteiger partial charge in [-0.25, -0.2) is 4.39 Å². The van der Waals surface area contributed by atoms with Crippen molar-refractivity contribution >= 4 is 15.9 Å². The van der Waals surface area contributed by atoms with E-state index in [4.69, 9.17) is 4.74 Å².